The van der Waals surface area contributed by atoms with Crippen LogP contribution in [-0.2, 0) is 6.42 Å². The van der Waals surface area contributed by atoms with Gasteiger partial charge in [-0.1, -0.05) is 40.0 Å². The van der Waals surface area contributed by atoms with Gasteiger partial charge < -0.3 is 11.1 Å². The third-order valence-corrected chi connectivity index (χ3v) is 4.24. The lowest BCUT2D eigenvalue weighted by atomic mass is 9.87. The maximum Gasteiger partial charge on any atom is 0.270 e. The van der Waals surface area contributed by atoms with Crippen molar-refractivity contribution in [3.63, 3.8) is 0 Å². The van der Waals surface area contributed by atoms with E-state index in [-0.39, 0.29) is 11.3 Å². The minimum absolute atomic E-state index is 0.0758. The molecule has 1 heterocycles. The maximum atomic E-state index is 12.0. The second-order valence-electron chi connectivity index (χ2n) is 5.97. The Morgan fingerprint density at radius 1 is 1.45 bits per heavy atom. The molecule has 0 saturated heterocycles. The van der Waals surface area contributed by atoms with Gasteiger partial charge in [-0.05, 0) is 18.4 Å². The largest absolute Gasteiger partial charge is 0.350 e. The number of unbranched alkanes of at least 4 members (excludes halogenated alkanes) is 2. The molecule has 0 aliphatic rings. The van der Waals surface area contributed by atoms with Crippen LogP contribution in [0.2, 0.25) is 0 Å². The molecule has 0 aliphatic heterocycles. The molecule has 3 N–H and O–H groups in total. The summed E-state index contributed by atoms with van der Waals surface area (Å²) in [5.41, 5.74) is 6.14. The number of thiazole rings is 1. The number of amides is 1. The average molecular weight is 297 g/mol. The molecular weight excluding hydrogens is 270 g/mol. The van der Waals surface area contributed by atoms with E-state index in [2.05, 4.69) is 31.1 Å². The van der Waals surface area contributed by atoms with Gasteiger partial charge in [0.1, 0.15) is 5.69 Å². The van der Waals surface area contributed by atoms with E-state index in [0.29, 0.717) is 18.8 Å². The van der Waals surface area contributed by atoms with Crippen molar-refractivity contribution in [2.75, 3.05) is 13.1 Å². The molecular formula is C15H27N3OS. The number of carbonyl (C=O) groups is 1. The van der Waals surface area contributed by atoms with Gasteiger partial charge in [0.05, 0.1) is 5.01 Å². The number of nitrogens with two attached hydrogens (primary N) is 1. The van der Waals surface area contributed by atoms with E-state index in [0.717, 1.165) is 17.8 Å². The summed E-state index contributed by atoms with van der Waals surface area (Å²) in [7, 11) is 0. The van der Waals surface area contributed by atoms with Crippen LogP contribution in [0.15, 0.2) is 5.38 Å². The molecule has 0 saturated carbocycles. The Kier molecular flexibility index (Phi) is 7.16. The Morgan fingerprint density at radius 2 is 2.20 bits per heavy atom. The third kappa shape index (κ3) is 6.01. The van der Waals surface area contributed by atoms with Crippen LogP contribution in [0.3, 0.4) is 0 Å². The van der Waals surface area contributed by atoms with Gasteiger partial charge in [-0.25, -0.2) is 4.98 Å². The van der Waals surface area contributed by atoms with E-state index in [1.165, 1.54) is 30.6 Å². The number of aromatic nitrogens is 1. The monoisotopic (exact) mass is 297 g/mol. The Hall–Kier alpha value is -0.940. The standard InChI is InChI=1S/C15H27N3OS/c1-4-5-6-8-15(2,3)11-17-14(19)12-10-20-13(18-12)7-9-16/h10H,4-9,11,16H2,1-3H3,(H,17,19). The zero-order valence-electron chi connectivity index (χ0n) is 12.9. The van der Waals surface area contributed by atoms with Crippen LogP contribution >= 0.6 is 11.3 Å². The van der Waals surface area contributed by atoms with Crippen molar-refractivity contribution in [3.05, 3.63) is 16.1 Å². The Morgan fingerprint density at radius 3 is 2.85 bits per heavy atom. The number of hydrogen-bond donors (Lipinski definition) is 2. The quantitative estimate of drug-likeness (QED) is 0.689. The van der Waals surface area contributed by atoms with Crippen LogP contribution in [0.1, 0.15) is 62.0 Å². The molecule has 5 heteroatoms. The third-order valence-electron chi connectivity index (χ3n) is 3.33. The molecule has 0 radical (unpaired) electrons. The van der Waals surface area contributed by atoms with Crippen LogP contribution in [0.25, 0.3) is 0 Å². The van der Waals surface area contributed by atoms with E-state index in [4.69, 9.17) is 5.73 Å². The summed E-state index contributed by atoms with van der Waals surface area (Å²) in [4.78, 5) is 16.3. The Labute approximate surface area is 126 Å². The summed E-state index contributed by atoms with van der Waals surface area (Å²) in [6.07, 6.45) is 5.57. The molecule has 0 aliphatic carbocycles. The fourth-order valence-corrected chi connectivity index (χ4v) is 2.80. The predicted molar refractivity (Wildman–Crippen MR) is 85.1 cm³/mol. The number of nitrogens with one attached hydrogen (secondary N) is 1. The summed E-state index contributed by atoms with van der Waals surface area (Å²) in [5, 5.41) is 5.74. The second-order valence-corrected chi connectivity index (χ2v) is 6.91. The maximum absolute atomic E-state index is 12.0. The van der Waals surface area contributed by atoms with E-state index < -0.39 is 0 Å². The fraction of sp³-hybridized carbons (Fsp3) is 0.733. The highest BCUT2D eigenvalue weighted by atomic mass is 32.1. The van der Waals surface area contributed by atoms with E-state index in [9.17, 15) is 4.79 Å². The smallest absolute Gasteiger partial charge is 0.270 e. The van der Waals surface area contributed by atoms with E-state index in [1.807, 2.05) is 5.38 Å². The molecule has 20 heavy (non-hydrogen) atoms. The molecule has 0 unspecified atom stereocenters. The summed E-state index contributed by atoms with van der Waals surface area (Å²) in [6.45, 7) is 7.86. The molecule has 1 rings (SSSR count). The minimum Gasteiger partial charge on any atom is -0.350 e. The van der Waals surface area contributed by atoms with Gasteiger partial charge in [-0.2, -0.15) is 0 Å². The highest BCUT2D eigenvalue weighted by molar-refractivity contribution is 7.09. The molecule has 114 valence electrons. The first-order valence-corrected chi connectivity index (χ1v) is 8.29. The van der Waals surface area contributed by atoms with Crippen LogP contribution in [0.4, 0.5) is 0 Å². The lowest BCUT2D eigenvalue weighted by Crippen LogP contribution is -2.34. The Balaban J connectivity index is 2.41. The van der Waals surface area contributed by atoms with Gasteiger partial charge in [0.2, 0.25) is 0 Å². The van der Waals surface area contributed by atoms with Crippen LogP contribution in [-0.4, -0.2) is 24.0 Å². The molecule has 1 amide bonds. The van der Waals surface area contributed by atoms with Crippen molar-refractivity contribution in [1.29, 1.82) is 0 Å². The van der Waals surface area contributed by atoms with Crippen molar-refractivity contribution < 1.29 is 4.79 Å². The lowest BCUT2D eigenvalue weighted by Gasteiger charge is -2.24. The SMILES string of the molecule is CCCCCC(C)(C)CNC(=O)c1csc(CCN)n1. The minimum atomic E-state index is -0.0758. The second kappa shape index (κ2) is 8.37. The first kappa shape index (κ1) is 17.1. The highest BCUT2D eigenvalue weighted by Crippen LogP contribution is 2.22. The van der Waals surface area contributed by atoms with Gasteiger partial charge >= 0.3 is 0 Å². The van der Waals surface area contributed by atoms with Crippen LogP contribution < -0.4 is 11.1 Å². The van der Waals surface area contributed by atoms with E-state index in [1.54, 1.807) is 0 Å². The molecule has 1 aromatic rings. The highest BCUT2D eigenvalue weighted by Gasteiger charge is 2.19. The summed E-state index contributed by atoms with van der Waals surface area (Å²) in [5.74, 6) is -0.0758. The number of nitrogens with zero attached hydrogens (tertiary/aromatic N) is 1. The topological polar surface area (TPSA) is 68.0 Å². The number of carbonyl (C=O) groups excluding carboxylic acids is 1. The van der Waals surface area contributed by atoms with Gasteiger partial charge in [0, 0.05) is 18.3 Å². The van der Waals surface area contributed by atoms with Gasteiger partial charge in [-0.3, -0.25) is 4.79 Å². The normalized spacial score (nSPS) is 11.6. The zero-order chi connectivity index (χ0) is 15.0. The molecule has 0 aromatic carbocycles. The predicted octanol–water partition coefficient (Wildman–Crippen LogP) is 2.98. The van der Waals surface area contributed by atoms with Crippen molar-refractivity contribution in [2.24, 2.45) is 11.1 Å². The number of hydrogen-bond acceptors (Lipinski definition) is 4. The fourth-order valence-electron chi connectivity index (χ4n) is 2.01. The Bertz CT molecular complexity index is 415. The van der Waals surface area contributed by atoms with E-state index >= 15 is 0 Å². The van der Waals surface area contributed by atoms with Crippen molar-refractivity contribution >= 4 is 17.2 Å². The molecule has 0 fully saturated rings. The zero-order valence-corrected chi connectivity index (χ0v) is 13.7. The van der Waals surface area contributed by atoms with Gasteiger partial charge in [0.25, 0.3) is 5.91 Å². The molecule has 0 spiro atoms. The summed E-state index contributed by atoms with van der Waals surface area (Å²) >= 11 is 1.50. The molecule has 4 nitrogen and oxygen atoms in total. The summed E-state index contributed by atoms with van der Waals surface area (Å²) < 4.78 is 0. The summed E-state index contributed by atoms with van der Waals surface area (Å²) in [6, 6.07) is 0. The van der Waals surface area contributed by atoms with Crippen molar-refractivity contribution in [3.8, 4) is 0 Å². The van der Waals surface area contributed by atoms with Crippen molar-refractivity contribution in [2.45, 2.75) is 52.9 Å². The van der Waals surface area contributed by atoms with Gasteiger partial charge in [0.15, 0.2) is 0 Å². The van der Waals surface area contributed by atoms with Crippen LogP contribution in [0, 0.1) is 5.41 Å². The van der Waals surface area contributed by atoms with Crippen molar-refractivity contribution in [1.82, 2.24) is 10.3 Å². The number of rotatable bonds is 9. The first-order chi connectivity index (χ1) is 9.48. The molecule has 1 aromatic heterocycles. The molecule has 0 atom stereocenters. The first-order valence-electron chi connectivity index (χ1n) is 7.41. The molecule has 0 bridgehead atoms. The van der Waals surface area contributed by atoms with Gasteiger partial charge in [-0.15, -0.1) is 11.3 Å². The van der Waals surface area contributed by atoms with Crippen LogP contribution in [0.5, 0.6) is 0 Å². The lowest BCUT2D eigenvalue weighted by molar-refractivity contribution is 0.0929. The average Bonchev–Trinajstić information content (AvgIpc) is 2.85.